The zero-order chi connectivity index (χ0) is 11.4. The smallest absolute Gasteiger partial charge is 0.269 e. The van der Waals surface area contributed by atoms with Crippen molar-refractivity contribution in [3.8, 4) is 0 Å². The second-order valence-corrected chi connectivity index (χ2v) is 5.29. The number of aryl methyl sites for hydroxylation is 1. The monoisotopic (exact) mass is 273 g/mol. The normalized spacial score (nSPS) is 14.7. The van der Waals surface area contributed by atoms with Crippen molar-refractivity contribution in [3.05, 3.63) is 18.0 Å². The topological polar surface area (TPSA) is 46.9 Å². The number of nitrogens with zero attached hydrogens (tertiary/aromatic N) is 2. The Hall–Kier alpha value is -0.840. The largest absolute Gasteiger partial charge is 0.348 e. The van der Waals surface area contributed by atoms with Gasteiger partial charge < -0.3 is 5.32 Å². The Kier molecular flexibility index (Phi) is 4.32. The molecule has 0 saturated carbocycles. The van der Waals surface area contributed by atoms with Crippen LogP contribution in [-0.2, 0) is 7.05 Å². The molecule has 84 valence electrons. The molecule has 15 heavy (non-hydrogen) atoms. The van der Waals surface area contributed by atoms with Gasteiger partial charge in [-0.1, -0.05) is 22.9 Å². The molecule has 1 aromatic rings. The second kappa shape index (κ2) is 5.30. The molecule has 0 aromatic carbocycles. The number of hydrogen-bond acceptors (Lipinski definition) is 2. The Balaban J connectivity index is 2.53. The van der Waals surface area contributed by atoms with E-state index >= 15 is 0 Å². The summed E-state index contributed by atoms with van der Waals surface area (Å²) < 4.78 is 1.57. The van der Waals surface area contributed by atoms with Crippen LogP contribution < -0.4 is 5.32 Å². The first-order valence-electron chi connectivity index (χ1n) is 4.93. The summed E-state index contributed by atoms with van der Waals surface area (Å²) in [4.78, 5) is 12.1. The van der Waals surface area contributed by atoms with Crippen molar-refractivity contribution >= 4 is 21.8 Å². The second-order valence-electron chi connectivity index (χ2n) is 3.73. The van der Waals surface area contributed by atoms with E-state index in [9.17, 15) is 4.79 Å². The fourth-order valence-electron chi connectivity index (χ4n) is 1.44. The van der Waals surface area contributed by atoms with E-state index in [1.165, 1.54) is 0 Å². The molecule has 2 atom stereocenters. The Labute approximate surface area is 98.2 Å². The third-order valence-electron chi connectivity index (χ3n) is 2.11. The van der Waals surface area contributed by atoms with E-state index in [-0.39, 0.29) is 11.9 Å². The minimum Gasteiger partial charge on any atom is -0.348 e. The molecule has 0 saturated heterocycles. The molecule has 2 unspecified atom stereocenters. The summed E-state index contributed by atoms with van der Waals surface area (Å²) in [7, 11) is 1.76. The predicted octanol–water partition coefficient (Wildman–Crippen LogP) is 1.71. The maximum atomic E-state index is 11.7. The van der Waals surface area contributed by atoms with Gasteiger partial charge >= 0.3 is 0 Å². The standard InChI is InChI=1S/C10H16BrN3O/c1-7(11)6-8(2)13-10(15)9-4-5-12-14(9)3/h4-5,7-8H,6H2,1-3H3,(H,13,15). The van der Waals surface area contributed by atoms with Crippen molar-refractivity contribution in [2.45, 2.75) is 31.1 Å². The van der Waals surface area contributed by atoms with Crippen molar-refractivity contribution < 1.29 is 4.79 Å². The number of nitrogens with one attached hydrogen (secondary N) is 1. The average molecular weight is 274 g/mol. The molecule has 0 bridgehead atoms. The Bertz CT molecular complexity index is 335. The SMILES string of the molecule is CC(Br)CC(C)NC(=O)c1ccnn1C. The first-order valence-corrected chi connectivity index (χ1v) is 5.85. The first kappa shape index (κ1) is 12.2. The summed E-state index contributed by atoms with van der Waals surface area (Å²) in [6.07, 6.45) is 2.52. The summed E-state index contributed by atoms with van der Waals surface area (Å²) in [6.45, 7) is 4.05. The highest BCUT2D eigenvalue weighted by Crippen LogP contribution is 2.07. The highest BCUT2D eigenvalue weighted by Gasteiger charge is 2.13. The molecule has 0 fully saturated rings. The van der Waals surface area contributed by atoms with Crippen LogP contribution >= 0.6 is 15.9 Å². The van der Waals surface area contributed by atoms with Crippen LogP contribution in [0.2, 0.25) is 0 Å². The molecule has 1 aromatic heterocycles. The van der Waals surface area contributed by atoms with E-state index in [0.717, 1.165) is 6.42 Å². The van der Waals surface area contributed by atoms with Gasteiger partial charge in [0.05, 0.1) is 0 Å². The van der Waals surface area contributed by atoms with Gasteiger partial charge in [-0.15, -0.1) is 0 Å². The molecule has 4 nitrogen and oxygen atoms in total. The molecule has 1 heterocycles. The number of carbonyl (C=O) groups is 1. The number of alkyl halides is 1. The maximum absolute atomic E-state index is 11.7. The summed E-state index contributed by atoms with van der Waals surface area (Å²) in [6, 6.07) is 1.86. The molecular formula is C10H16BrN3O. The Morgan fingerprint density at radius 3 is 2.80 bits per heavy atom. The molecule has 0 aliphatic heterocycles. The van der Waals surface area contributed by atoms with Gasteiger partial charge in [0.25, 0.3) is 5.91 Å². The van der Waals surface area contributed by atoms with E-state index in [4.69, 9.17) is 0 Å². The zero-order valence-corrected chi connectivity index (χ0v) is 10.8. The minimum absolute atomic E-state index is 0.0735. The van der Waals surface area contributed by atoms with E-state index in [2.05, 4.69) is 33.3 Å². The van der Waals surface area contributed by atoms with Gasteiger partial charge in [-0.25, -0.2) is 0 Å². The molecule has 1 rings (SSSR count). The van der Waals surface area contributed by atoms with Crippen LogP contribution in [0, 0.1) is 0 Å². The highest BCUT2D eigenvalue weighted by atomic mass is 79.9. The Morgan fingerprint density at radius 2 is 2.33 bits per heavy atom. The first-order chi connectivity index (χ1) is 7.00. The van der Waals surface area contributed by atoms with Gasteiger partial charge in [-0.2, -0.15) is 5.10 Å². The lowest BCUT2D eigenvalue weighted by atomic mass is 10.2. The summed E-state index contributed by atoms with van der Waals surface area (Å²) in [5.41, 5.74) is 0.587. The zero-order valence-electron chi connectivity index (χ0n) is 9.20. The van der Waals surface area contributed by atoms with Crippen LogP contribution in [0.1, 0.15) is 30.8 Å². The molecular weight excluding hydrogens is 258 g/mol. The van der Waals surface area contributed by atoms with E-state index in [0.29, 0.717) is 10.5 Å². The molecule has 0 aliphatic carbocycles. The number of halogens is 1. The van der Waals surface area contributed by atoms with Gasteiger partial charge in [0, 0.05) is 24.1 Å². The highest BCUT2D eigenvalue weighted by molar-refractivity contribution is 9.09. The Morgan fingerprint density at radius 1 is 1.67 bits per heavy atom. The summed E-state index contributed by atoms with van der Waals surface area (Å²) in [5.74, 6) is -0.0735. The van der Waals surface area contributed by atoms with Crippen LogP contribution in [0.15, 0.2) is 12.3 Å². The summed E-state index contributed by atoms with van der Waals surface area (Å²) in [5, 5.41) is 6.88. The third kappa shape index (κ3) is 3.66. The quantitative estimate of drug-likeness (QED) is 0.850. The van der Waals surface area contributed by atoms with Gasteiger partial charge in [-0.3, -0.25) is 9.48 Å². The van der Waals surface area contributed by atoms with Crippen molar-refractivity contribution in [1.29, 1.82) is 0 Å². The fraction of sp³-hybridized carbons (Fsp3) is 0.600. The lowest BCUT2D eigenvalue weighted by Gasteiger charge is -2.14. The van der Waals surface area contributed by atoms with Crippen LogP contribution in [0.4, 0.5) is 0 Å². The van der Waals surface area contributed by atoms with Crippen LogP contribution in [-0.4, -0.2) is 26.6 Å². The third-order valence-corrected chi connectivity index (χ3v) is 2.48. The number of hydrogen-bond donors (Lipinski definition) is 1. The molecule has 1 N–H and O–H groups in total. The van der Waals surface area contributed by atoms with E-state index < -0.39 is 0 Å². The average Bonchev–Trinajstić information content (AvgIpc) is 2.49. The molecule has 0 radical (unpaired) electrons. The van der Waals surface area contributed by atoms with Crippen LogP contribution in [0.25, 0.3) is 0 Å². The fourth-order valence-corrected chi connectivity index (χ4v) is 2.00. The molecule has 0 spiro atoms. The van der Waals surface area contributed by atoms with E-state index in [1.807, 2.05) is 6.92 Å². The maximum Gasteiger partial charge on any atom is 0.269 e. The van der Waals surface area contributed by atoms with Crippen molar-refractivity contribution in [1.82, 2.24) is 15.1 Å². The lowest BCUT2D eigenvalue weighted by molar-refractivity contribution is 0.0929. The summed E-state index contributed by atoms with van der Waals surface area (Å²) >= 11 is 3.46. The number of carbonyl (C=O) groups excluding carboxylic acids is 1. The number of aromatic nitrogens is 2. The van der Waals surface area contributed by atoms with Gasteiger partial charge in [-0.05, 0) is 19.4 Å². The lowest BCUT2D eigenvalue weighted by Crippen LogP contribution is -2.34. The van der Waals surface area contributed by atoms with Gasteiger partial charge in [0.2, 0.25) is 0 Å². The van der Waals surface area contributed by atoms with Crippen LogP contribution in [0.3, 0.4) is 0 Å². The van der Waals surface area contributed by atoms with Gasteiger partial charge in [0.1, 0.15) is 5.69 Å². The number of amides is 1. The van der Waals surface area contributed by atoms with Crippen molar-refractivity contribution in [2.75, 3.05) is 0 Å². The van der Waals surface area contributed by atoms with Gasteiger partial charge in [0.15, 0.2) is 0 Å². The van der Waals surface area contributed by atoms with E-state index in [1.54, 1.807) is 24.0 Å². The molecule has 1 amide bonds. The molecule has 0 aliphatic rings. The minimum atomic E-state index is -0.0735. The number of rotatable bonds is 4. The molecule has 5 heteroatoms. The van der Waals surface area contributed by atoms with Crippen LogP contribution in [0.5, 0.6) is 0 Å². The van der Waals surface area contributed by atoms with Crippen molar-refractivity contribution in [2.24, 2.45) is 7.05 Å². The van der Waals surface area contributed by atoms with Crippen molar-refractivity contribution in [3.63, 3.8) is 0 Å². The predicted molar refractivity (Wildman–Crippen MR) is 63.1 cm³/mol.